The maximum atomic E-state index is 11.8. The summed E-state index contributed by atoms with van der Waals surface area (Å²) in [5, 5.41) is 0.190. The highest BCUT2D eigenvalue weighted by Crippen LogP contribution is 2.39. The van der Waals surface area contributed by atoms with Gasteiger partial charge in [-0.1, -0.05) is 32.9 Å². The molecule has 4 nitrogen and oxygen atoms in total. The van der Waals surface area contributed by atoms with E-state index in [1.165, 1.54) is 7.11 Å². The third kappa shape index (κ3) is 3.53. The van der Waals surface area contributed by atoms with Gasteiger partial charge in [0, 0.05) is 5.92 Å². The molecular formula is C17H28O4Si. The molecule has 0 N–H and O–H groups in total. The summed E-state index contributed by atoms with van der Waals surface area (Å²) in [5.41, 5.74) is 0.616. The van der Waals surface area contributed by atoms with Crippen molar-refractivity contribution in [3.63, 3.8) is 0 Å². The largest absolute Gasteiger partial charge is 0.466 e. The Balaban J connectivity index is 1.97. The number of esters is 1. The van der Waals surface area contributed by atoms with Gasteiger partial charge in [-0.3, -0.25) is 0 Å². The first kappa shape index (κ1) is 17.4. The lowest BCUT2D eigenvalue weighted by Crippen LogP contribution is -2.42. The highest BCUT2D eigenvalue weighted by atomic mass is 28.4. The molecule has 0 unspecified atom stereocenters. The zero-order valence-corrected chi connectivity index (χ0v) is 15.5. The molecule has 1 heterocycles. The Hall–Kier alpha value is -0.913. The number of allylic oxidation sites excluding steroid dienone is 2. The number of fused-ring (bicyclic) bond motifs is 1. The molecule has 0 spiro atoms. The molecule has 0 aromatic heterocycles. The van der Waals surface area contributed by atoms with Crippen molar-refractivity contribution in [2.75, 3.05) is 13.7 Å². The molecule has 0 radical (unpaired) electrons. The molecule has 2 rings (SSSR count). The van der Waals surface area contributed by atoms with Gasteiger partial charge < -0.3 is 13.9 Å². The summed E-state index contributed by atoms with van der Waals surface area (Å²) in [6, 6.07) is 0. The van der Waals surface area contributed by atoms with Crippen molar-refractivity contribution in [1.82, 2.24) is 0 Å². The highest BCUT2D eigenvalue weighted by molar-refractivity contribution is 6.74. The van der Waals surface area contributed by atoms with Gasteiger partial charge in [0.1, 0.15) is 0 Å². The molecule has 1 aliphatic carbocycles. The molecule has 1 saturated heterocycles. The molecule has 0 aromatic carbocycles. The number of methoxy groups -OCH3 is 1. The molecule has 0 amide bonds. The lowest BCUT2D eigenvalue weighted by molar-refractivity contribution is -0.137. The summed E-state index contributed by atoms with van der Waals surface area (Å²) in [5.74, 6) is -0.0579. The Morgan fingerprint density at radius 2 is 2.09 bits per heavy atom. The van der Waals surface area contributed by atoms with E-state index in [2.05, 4.69) is 39.9 Å². The Kier molecular flexibility index (Phi) is 4.99. The maximum absolute atomic E-state index is 11.8. The van der Waals surface area contributed by atoms with E-state index in [-0.39, 0.29) is 29.1 Å². The van der Waals surface area contributed by atoms with Gasteiger partial charge in [-0.05, 0) is 30.6 Å². The molecule has 1 fully saturated rings. The molecule has 22 heavy (non-hydrogen) atoms. The Morgan fingerprint density at radius 3 is 2.68 bits per heavy atom. The molecule has 0 aromatic rings. The van der Waals surface area contributed by atoms with Gasteiger partial charge in [-0.2, -0.15) is 0 Å². The molecule has 124 valence electrons. The zero-order chi connectivity index (χ0) is 16.5. The van der Waals surface area contributed by atoms with Gasteiger partial charge in [0.15, 0.2) is 8.32 Å². The molecular weight excluding hydrogens is 296 g/mol. The summed E-state index contributed by atoms with van der Waals surface area (Å²) < 4.78 is 17.2. The van der Waals surface area contributed by atoms with E-state index in [1.807, 2.05) is 6.08 Å². The number of hydrogen-bond acceptors (Lipinski definition) is 4. The minimum absolute atomic E-state index is 0.0416. The first-order chi connectivity index (χ1) is 10.2. The van der Waals surface area contributed by atoms with Crippen LogP contribution < -0.4 is 0 Å². The van der Waals surface area contributed by atoms with Crippen LogP contribution in [-0.4, -0.2) is 40.2 Å². The summed E-state index contributed by atoms with van der Waals surface area (Å²) in [7, 11) is -0.365. The van der Waals surface area contributed by atoms with Crippen LogP contribution in [0.15, 0.2) is 23.8 Å². The second-order valence-corrected chi connectivity index (χ2v) is 12.5. The van der Waals surface area contributed by atoms with Crippen LogP contribution in [0.2, 0.25) is 18.1 Å². The Morgan fingerprint density at radius 1 is 1.41 bits per heavy atom. The smallest absolute Gasteiger partial charge is 0.336 e. The topological polar surface area (TPSA) is 44.8 Å². The Bertz CT molecular complexity index is 487. The quantitative estimate of drug-likeness (QED) is 0.587. The summed E-state index contributed by atoms with van der Waals surface area (Å²) >= 11 is 0. The van der Waals surface area contributed by atoms with Crippen molar-refractivity contribution in [3.05, 3.63) is 23.8 Å². The lowest BCUT2D eigenvalue weighted by atomic mass is 9.90. The predicted molar refractivity (Wildman–Crippen MR) is 89.2 cm³/mol. The summed E-state index contributed by atoms with van der Waals surface area (Å²) in [6.45, 7) is 11.8. The predicted octanol–water partition coefficient (Wildman–Crippen LogP) is 3.45. The van der Waals surface area contributed by atoms with Crippen LogP contribution in [0.1, 0.15) is 27.2 Å². The minimum Gasteiger partial charge on any atom is -0.466 e. The van der Waals surface area contributed by atoms with E-state index in [0.717, 1.165) is 6.42 Å². The fourth-order valence-corrected chi connectivity index (χ4v) is 3.63. The van der Waals surface area contributed by atoms with Crippen LogP contribution in [0.4, 0.5) is 0 Å². The second kappa shape index (κ2) is 6.30. The van der Waals surface area contributed by atoms with Crippen molar-refractivity contribution in [3.8, 4) is 0 Å². The van der Waals surface area contributed by atoms with Gasteiger partial charge in [0.2, 0.25) is 0 Å². The monoisotopic (exact) mass is 324 g/mol. The summed E-state index contributed by atoms with van der Waals surface area (Å²) in [4.78, 5) is 11.8. The fourth-order valence-electron chi connectivity index (χ4n) is 2.60. The van der Waals surface area contributed by atoms with Crippen LogP contribution in [0, 0.1) is 5.92 Å². The number of ether oxygens (including phenoxy) is 2. The van der Waals surface area contributed by atoms with Gasteiger partial charge in [-0.15, -0.1) is 0 Å². The SMILES string of the molecule is COC(=O)C1=CC=C[C@H]2C[C@H](CO[Si](C)(C)C(C)(C)C)O[C@@H]12. The van der Waals surface area contributed by atoms with E-state index in [1.54, 1.807) is 6.08 Å². The van der Waals surface area contributed by atoms with Crippen molar-refractivity contribution in [2.24, 2.45) is 5.92 Å². The fraction of sp³-hybridized carbons (Fsp3) is 0.706. The van der Waals surface area contributed by atoms with E-state index < -0.39 is 8.32 Å². The van der Waals surface area contributed by atoms with Crippen LogP contribution in [-0.2, 0) is 18.7 Å². The normalized spacial score (nSPS) is 28.3. The first-order valence-electron chi connectivity index (χ1n) is 7.92. The van der Waals surface area contributed by atoms with Crippen molar-refractivity contribution in [1.29, 1.82) is 0 Å². The van der Waals surface area contributed by atoms with Crippen molar-refractivity contribution in [2.45, 2.75) is 57.5 Å². The van der Waals surface area contributed by atoms with Gasteiger partial charge in [-0.25, -0.2) is 4.79 Å². The molecule has 5 heteroatoms. The number of carbonyl (C=O) groups excluding carboxylic acids is 1. The lowest BCUT2D eigenvalue weighted by Gasteiger charge is -2.36. The molecule has 2 aliphatic rings. The molecule has 1 aliphatic heterocycles. The number of carbonyl (C=O) groups is 1. The number of hydrogen-bond donors (Lipinski definition) is 0. The van der Waals surface area contributed by atoms with E-state index in [4.69, 9.17) is 13.9 Å². The summed E-state index contributed by atoms with van der Waals surface area (Å²) in [6.07, 6.45) is 6.58. The van der Waals surface area contributed by atoms with Crippen LogP contribution in [0.5, 0.6) is 0 Å². The van der Waals surface area contributed by atoms with E-state index in [0.29, 0.717) is 12.2 Å². The zero-order valence-electron chi connectivity index (χ0n) is 14.5. The molecule has 0 saturated carbocycles. The van der Waals surface area contributed by atoms with Gasteiger partial charge in [0.25, 0.3) is 0 Å². The molecule has 3 atom stereocenters. The molecule has 0 bridgehead atoms. The van der Waals surface area contributed by atoms with Crippen LogP contribution in [0.25, 0.3) is 0 Å². The van der Waals surface area contributed by atoms with E-state index >= 15 is 0 Å². The highest BCUT2D eigenvalue weighted by Gasteiger charge is 2.42. The average Bonchev–Trinajstić information content (AvgIpc) is 2.86. The first-order valence-corrected chi connectivity index (χ1v) is 10.8. The van der Waals surface area contributed by atoms with Crippen LogP contribution in [0.3, 0.4) is 0 Å². The van der Waals surface area contributed by atoms with Gasteiger partial charge in [0.05, 0.1) is 31.5 Å². The van der Waals surface area contributed by atoms with Crippen molar-refractivity contribution >= 4 is 14.3 Å². The third-order valence-electron chi connectivity index (χ3n) is 5.06. The average molecular weight is 324 g/mol. The standard InChI is InChI=1S/C17H28O4Si/c1-17(2,3)22(5,6)20-11-13-10-12-8-7-9-14(15(12)21-13)16(18)19-4/h7-9,12-13,15H,10-11H2,1-6H3/t12-,13+,15+/m0/s1. The minimum atomic E-state index is -1.77. The third-order valence-corrected chi connectivity index (χ3v) is 9.56. The van der Waals surface area contributed by atoms with Gasteiger partial charge >= 0.3 is 5.97 Å². The van der Waals surface area contributed by atoms with Crippen LogP contribution >= 0.6 is 0 Å². The Labute approximate surface area is 134 Å². The van der Waals surface area contributed by atoms with E-state index in [9.17, 15) is 4.79 Å². The second-order valence-electron chi connectivity index (χ2n) is 7.65. The maximum Gasteiger partial charge on any atom is 0.336 e. The number of rotatable bonds is 4. The van der Waals surface area contributed by atoms with Crippen molar-refractivity contribution < 1.29 is 18.7 Å².